The number of aromatic nitrogens is 5. The average molecular weight is 410 g/mol. The minimum Gasteiger partial charge on any atom is -0.302 e. The number of hydrogen-bond donors (Lipinski definition) is 1. The zero-order valence-electron chi connectivity index (χ0n) is 15.2. The number of rotatable bonds is 4. The van der Waals surface area contributed by atoms with E-state index in [0.717, 1.165) is 29.5 Å². The Balaban J connectivity index is 1.49. The van der Waals surface area contributed by atoms with Crippen molar-refractivity contribution in [3.8, 4) is 0 Å². The largest absolute Gasteiger partial charge is 0.453 e. The molecule has 0 radical (unpaired) electrons. The van der Waals surface area contributed by atoms with Crippen molar-refractivity contribution < 1.29 is 18.0 Å². The Morgan fingerprint density at radius 2 is 2.00 bits per heavy atom. The molecule has 0 saturated heterocycles. The van der Waals surface area contributed by atoms with Gasteiger partial charge in [0.1, 0.15) is 0 Å². The van der Waals surface area contributed by atoms with Crippen LogP contribution < -0.4 is 5.32 Å². The molecule has 3 aromatic heterocycles. The Labute approximate surface area is 162 Å². The van der Waals surface area contributed by atoms with E-state index in [1.165, 1.54) is 16.2 Å². The Hall–Kier alpha value is -2.56. The molecular formula is C17H17F3N6OS. The van der Waals surface area contributed by atoms with E-state index in [1.54, 1.807) is 13.8 Å². The maximum Gasteiger partial charge on any atom is 0.453 e. The Morgan fingerprint density at radius 3 is 2.71 bits per heavy atom. The summed E-state index contributed by atoms with van der Waals surface area (Å²) < 4.78 is 39.6. The summed E-state index contributed by atoms with van der Waals surface area (Å²) in [5, 5.41) is 6.92. The lowest BCUT2D eigenvalue weighted by Gasteiger charge is -2.10. The van der Waals surface area contributed by atoms with Crippen LogP contribution in [0.1, 0.15) is 46.2 Å². The number of thiazole rings is 1. The predicted octanol–water partition coefficient (Wildman–Crippen LogP) is 3.28. The van der Waals surface area contributed by atoms with E-state index in [-0.39, 0.29) is 18.1 Å². The molecule has 0 aromatic carbocycles. The smallest absolute Gasteiger partial charge is 0.302 e. The highest BCUT2D eigenvalue weighted by atomic mass is 32.1. The molecule has 3 aromatic rings. The number of amides is 1. The second-order valence-electron chi connectivity index (χ2n) is 6.70. The standard InChI is InChI=1S/C17H17F3N6OS/c1-8-10(9(2)26-15(21-8)24-14(25-26)17(18,19)20)6-7-13(27)23-16-22-11-4-3-5-12(11)28-16/h3-7H2,1-2H3,(H,22,23,27). The summed E-state index contributed by atoms with van der Waals surface area (Å²) in [6, 6.07) is 0. The van der Waals surface area contributed by atoms with E-state index in [9.17, 15) is 18.0 Å². The number of carbonyl (C=O) groups is 1. The number of hydrogen-bond acceptors (Lipinski definition) is 6. The SMILES string of the molecule is Cc1nc2nc(C(F)(F)F)nn2c(C)c1CCC(=O)Nc1nc2c(s1)CCC2. The van der Waals surface area contributed by atoms with Crippen LogP contribution in [0.5, 0.6) is 0 Å². The second-order valence-corrected chi connectivity index (χ2v) is 7.78. The number of nitrogens with one attached hydrogen (secondary N) is 1. The first-order valence-electron chi connectivity index (χ1n) is 8.81. The van der Waals surface area contributed by atoms with Crippen LogP contribution >= 0.6 is 11.3 Å². The van der Waals surface area contributed by atoms with Crippen molar-refractivity contribution >= 4 is 28.2 Å². The van der Waals surface area contributed by atoms with Gasteiger partial charge in [-0.05, 0) is 45.1 Å². The Kier molecular flexibility index (Phi) is 4.56. The van der Waals surface area contributed by atoms with Gasteiger partial charge in [-0.1, -0.05) is 0 Å². The van der Waals surface area contributed by atoms with Crippen molar-refractivity contribution in [3.63, 3.8) is 0 Å². The fourth-order valence-corrected chi connectivity index (χ4v) is 4.42. The maximum absolute atomic E-state index is 12.9. The van der Waals surface area contributed by atoms with Crippen LogP contribution in [-0.4, -0.2) is 30.5 Å². The number of carbonyl (C=O) groups excluding carboxylic acids is 1. The van der Waals surface area contributed by atoms with Gasteiger partial charge < -0.3 is 5.32 Å². The summed E-state index contributed by atoms with van der Waals surface area (Å²) in [7, 11) is 0. The molecule has 3 heterocycles. The predicted molar refractivity (Wildman–Crippen MR) is 96.3 cm³/mol. The Bertz CT molecular complexity index is 1050. The zero-order valence-corrected chi connectivity index (χ0v) is 16.0. The van der Waals surface area contributed by atoms with Gasteiger partial charge in [0.2, 0.25) is 5.91 Å². The monoisotopic (exact) mass is 410 g/mol. The van der Waals surface area contributed by atoms with E-state index in [2.05, 4.69) is 25.4 Å². The van der Waals surface area contributed by atoms with Crippen molar-refractivity contribution in [2.24, 2.45) is 0 Å². The molecule has 0 aliphatic heterocycles. The third kappa shape index (κ3) is 3.46. The number of halogens is 3. The maximum atomic E-state index is 12.9. The number of anilines is 1. The molecule has 0 spiro atoms. The Morgan fingerprint density at radius 1 is 1.21 bits per heavy atom. The lowest BCUT2D eigenvalue weighted by molar-refractivity contribution is -0.144. The molecule has 1 aliphatic rings. The molecule has 0 bridgehead atoms. The van der Waals surface area contributed by atoms with Crippen molar-refractivity contribution in [2.75, 3.05) is 5.32 Å². The van der Waals surface area contributed by atoms with Gasteiger partial charge in [-0.2, -0.15) is 18.2 Å². The van der Waals surface area contributed by atoms with E-state index < -0.39 is 12.0 Å². The number of nitrogens with zero attached hydrogens (tertiary/aromatic N) is 5. The molecule has 0 saturated carbocycles. The van der Waals surface area contributed by atoms with E-state index >= 15 is 0 Å². The van der Waals surface area contributed by atoms with E-state index in [1.807, 2.05) is 0 Å². The van der Waals surface area contributed by atoms with Crippen molar-refractivity contribution in [1.29, 1.82) is 0 Å². The first kappa shape index (κ1) is 18.8. The van der Waals surface area contributed by atoms with Crippen LogP contribution in [0.4, 0.5) is 18.3 Å². The third-order valence-electron chi connectivity index (χ3n) is 4.75. The fourth-order valence-electron chi connectivity index (χ4n) is 3.35. The highest BCUT2D eigenvalue weighted by molar-refractivity contribution is 7.15. The number of fused-ring (bicyclic) bond motifs is 2. The molecule has 1 amide bonds. The molecule has 0 unspecified atom stereocenters. The summed E-state index contributed by atoms with van der Waals surface area (Å²) in [5.74, 6) is -1.53. The molecule has 28 heavy (non-hydrogen) atoms. The van der Waals surface area contributed by atoms with Gasteiger partial charge >= 0.3 is 6.18 Å². The first-order valence-corrected chi connectivity index (χ1v) is 9.62. The lowest BCUT2D eigenvalue weighted by atomic mass is 10.1. The van der Waals surface area contributed by atoms with Crippen molar-refractivity contribution in [2.45, 2.75) is 52.1 Å². The van der Waals surface area contributed by atoms with Crippen LogP contribution in [0.3, 0.4) is 0 Å². The van der Waals surface area contributed by atoms with Gasteiger partial charge in [0.15, 0.2) is 5.13 Å². The second kappa shape index (κ2) is 6.80. The van der Waals surface area contributed by atoms with Crippen LogP contribution in [0.15, 0.2) is 0 Å². The van der Waals surface area contributed by atoms with Crippen molar-refractivity contribution in [1.82, 2.24) is 24.6 Å². The first-order chi connectivity index (χ1) is 13.2. The van der Waals surface area contributed by atoms with Gasteiger partial charge in [-0.15, -0.1) is 16.4 Å². The summed E-state index contributed by atoms with van der Waals surface area (Å²) in [5.41, 5.74) is 2.77. The zero-order chi connectivity index (χ0) is 20.1. The highest BCUT2D eigenvalue weighted by Gasteiger charge is 2.37. The van der Waals surface area contributed by atoms with Gasteiger partial charge in [0.25, 0.3) is 11.6 Å². The molecule has 0 fully saturated rings. The molecule has 4 rings (SSSR count). The van der Waals surface area contributed by atoms with E-state index in [0.29, 0.717) is 28.5 Å². The highest BCUT2D eigenvalue weighted by Crippen LogP contribution is 2.30. The minimum atomic E-state index is -4.64. The quantitative estimate of drug-likeness (QED) is 0.714. The summed E-state index contributed by atoms with van der Waals surface area (Å²) in [4.78, 5) is 25.5. The van der Waals surface area contributed by atoms with Gasteiger partial charge in [0, 0.05) is 22.7 Å². The summed E-state index contributed by atoms with van der Waals surface area (Å²) >= 11 is 1.50. The van der Waals surface area contributed by atoms with Gasteiger partial charge in [-0.3, -0.25) is 4.79 Å². The summed E-state index contributed by atoms with van der Waals surface area (Å²) in [6.07, 6.45) is -1.08. The molecule has 7 nitrogen and oxygen atoms in total. The fraction of sp³-hybridized carbons (Fsp3) is 0.471. The van der Waals surface area contributed by atoms with E-state index in [4.69, 9.17) is 0 Å². The summed E-state index contributed by atoms with van der Waals surface area (Å²) in [6.45, 7) is 3.34. The molecule has 0 atom stereocenters. The average Bonchev–Trinajstić information content (AvgIpc) is 3.28. The molecule has 1 aliphatic carbocycles. The van der Waals surface area contributed by atoms with Crippen LogP contribution in [0.25, 0.3) is 5.78 Å². The van der Waals surface area contributed by atoms with Crippen LogP contribution in [0, 0.1) is 13.8 Å². The van der Waals surface area contributed by atoms with Crippen LogP contribution in [0.2, 0.25) is 0 Å². The topological polar surface area (TPSA) is 85.1 Å². The normalized spacial score (nSPS) is 13.9. The van der Waals surface area contributed by atoms with Crippen molar-refractivity contribution in [3.05, 3.63) is 33.3 Å². The molecule has 11 heteroatoms. The molecule has 1 N–H and O–H groups in total. The third-order valence-corrected chi connectivity index (χ3v) is 5.82. The van der Waals surface area contributed by atoms with Crippen LogP contribution in [-0.2, 0) is 30.2 Å². The number of alkyl halides is 3. The van der Waals surface area contributed by atoms with Gasteiger partial charge in [0.05, 0.1) is 5.69 Å². The minimum absolute atomic E-state index is 0.104. The molecule has 148 valence electrons. The number of aryl methyl sites for hydroxylation is 4. The van der Waals surface area contributed by atoms with Gasteiger partial charge in [-0.25, -0.2) is 14.5 Å². The molecular weight excluding hydrogens is 393 g/mol. The lowest BCUT2D eigenvalue weighted by Crippen LogP contribution is -2.14.